The predicted octanol–water partition coefficient (Wildman–Crippen LogP) is 2.29. The van der Waals surface area contributed by atoms with Crippen LogP contribution in [-0.4, -0.2) is 36.7 Å². The number of amides is 1. The maximum atomic E-state index is 12.3. The molecule has 1 aromatic heterocycles. The van der Waals surface area contributed by atoms with E-state index in [1.807, 2.05) is 23.0 Å². The Labute approximate surface area is 143 Å². The van der Waals surface area contributed by atoms with Crippen molar-refractivity contribution in [3.05, 3.63) is 30.1 Å². The largest absolute Gasteiger partial charge is 0.469 e. The Balaban J connectivity index is 1.89. The number of pyridine rings is 1. The van der Waals surface area contributed by atoms with Crippen LogP contribution in [0.25, 0.3) is 0 Å². The van der Waals surface area contributed by atoms with Gasteiger partial charge in [-0.05, 0) is 31.2 Å². The van der Waals surface area contributed by atoms with Crippen LogP contribution in [0.5, 0.6) is 0 Å². The van der Waals surface area contributed by atoms with Gasteiger partial charge >= 0.3 is 12.1 Å². The summed E-state index contributed by atoms with van der Waals surface area (Å²) in [6, 6.07) is 3.91. The molecule has 2 heterocycles. The van der Waals surface area contributed by atoms with Gasteiger partial charge in [0.15, 0.2) is 12.4 Å². The van der Waals surface area contributed by atoms with Crippen molar-refractivity contribution in [3.63, 3.8) is 0 Å². The molecule has 1 atom stereocenters. The van der Waals surface area contributed by atoms with E-state index in [-0.39, 0.29) is 31.3 Å². The van der Waals surface area contributed by atoms with Crippen molar-refractivity contribution < 1.29 is 23.6 Å². The Hall–Kier alpha value is -2.11. The Morgan fingerprint density at radius 3 is 2.92 bits per heavy atom. The molecule has 1 saturated heterocycles. The van der Waals surface area contributed by atoms with Gasteiger partial charge in [0.25, 0.3) is 6.73 Å². The predicted molar refractivity (Wildman–Crippen MR) is 88.0 cm³/mol. The second-order valence-electron chi connectivity index (χ2n) is 6.63. The fourth-order valence-corrected chi connectivity index (χ4v) is 3.03. The van der Waals surface area contributed by atoms with Gasteiger partial charge in [-0.25, -0.2) is 4.79 Å². The molecule has 0 bridgehead atoms. The van der Waals surface area contributed by atoms with E-state index in [1.54, 1.807) is 4.90 Å². The van der Waals surface area contributed by atoms with Crippen molar-refractivity contribution in [2.24, 2.45) is 5.92 Å². The number of esters is 1. The highest BCUT2D eigenvalue weighted by Gasteiger charge is 2.32. The van der Waals surface area contributed by atoms with Crippen molar-refractivity contribution in [1.82, 2.24) is 4.90 Å². The van der Waals surface area contributed by atoms with E-state index in [9.17, 15) is 9.59 Å². The zero-order valence-corrected chi connectivity index (χ0v) is 14.7. The van der Waals surface area contributed by atoms with E-state index < -0.39 is 0 Å². The molecule has 0 aromatic carbocycles. The highest BCUT2D eigenvalue weighted by Crippen LogP contribution is 2.21. The van der Waals surface area contributed by atoms with Gasteiger partial charge in [-0.1, -0.05) is 13.8 Å². The Morgan fingerprint density at radius 1 is 1.42 bits per heavy atom. The van der Waals surface area contributed by atoms with E-state index in [4.69, 9.17) is 9.47 Å². The number of hydrogen-bond acceptors (Lipinski definition) is 4. The average molecular weight is 335 g/mol. The van der Waals surface area contributed by atoms with E-state index >= 15 is 0 Å². The van der Waals surface area contributed by atoms with Crippen molar-refractivity contribution in [2.75, 3.05) is 13.7 Å². The second-order valence-corrected chi connectivity index (χ2v) is 6.63. The topological polar surface area (TPSA) is 59.7 Å². The fraction of sp³-hybridized carbons (Fsp3) is 0.611. The lowest BCUT2D eigenvalue weighted by atomic mass is 10.1. The molecule has 0 unspecified atom stereocenters. The smallest absolute Gasteiger partial charge is 0.414 e. The van der Waals surface area contributed by atoms with E-state index in [0.29, 0.717) is 12.5 Å². The van der Waals surface area contributed by atoms with Crippen molar-refractivity contribution in [2.45, 2.75) is 52.3 Å². The van der Waals surface area contributed by atoms with Crippen LogP contribution in [0.1, 0.15) is 38.7 Å². The number of methoxy groups -OCH3 is 1. The second kappa shape index (κ2) is 8.66. The number of nitrogens with zero attached hydrogens (tertiary/aromatic N) is 2. The standard InChI is InChI=1S/C18H27N2O4/c1-14(2)10-15-6-4-8-19(12-15)13-24-18(22)20-9-5-7-16(20)11-17(21)23-3/h4,6,8,12,14,16H,5,7,9-11,13H2,1-3H3/q+1/t16-/m0/s1. The molecule has 1 fully saturated rings. The first-order chi connectivity index (χ1) is 11.5. The summed E-state index contributed by atoms with van der Waals surface area (Å²) in [5.41, 5.74) is 1.22. The van der Waals surface area contributed by atoms with E-state index in [0.717, 1.165) is 19.3 Å². The summed E-state index contributed by atoms with van der Waals surface area (Å²) < 4.78 is 12.0. The molecule has 0 saturated carbocycles. The van der Waals surface area contributed by atoms with Crippen LogP contribution >= 0.6 is 0 Å². The minimum absolute atomic E-state index is 0.123. The fourth-order valence-electron chi connectivity index (χ4n) is 3.03. The third kappa shape index (κ3) is 5.22. The number of rotatable bonds is 6. The lowest BCUT2D eigenvalue weighted by Crippen LogP contribution is -2.42. The zero-order chi connectivity index (χ0) is 17.5. The molecule has 0 N–H and O–H groups in total. The maximum Gasteiger partial charge on any atom is 0.414 e. The summed E-state index contributed by atoms with van der Waals surface area (Å²) in [6.45, 7) is 5.14. The van der Waals surface area contributed by atoms with Gasteiger partial charge in [0, 0.05) is 24.2 Å². The number of likely N-dealkylation sites (tertiary alicyclic amines) is 1. The molecule has 132 valence electrons. The highest BCUT2D eigenvalue weighted by molar-refractivity contribution is 5.73. The summed E-state index contributed by atoms with van der Waals surface area (Å²) in [5.74, 6) is 0.280. The van der Waals surface area contributed by atoms with Gasteiger partial charge in [0.05, 0.1) is 13.5 Å². The lowest BCUT2D eigenvalue weighted by molar-refractivity contribution is -0.727. The number of carbonyl (C=O) groups excluding carboxylic acids is 2. The first-order valence-electron chi connectivity index (χ1n) is 8.47. The summed E-state index contributed by atoms with van der Waals surface area (Å²) in [5, 5.41) is 0. The zero-order valence-electron chi connectivity index (χ0n) is 14.7. The van der Waals surface area contributed by atoms with Gasteiger partial charge < -0.3 is 14.4 Å². The molecule has 1 aliphatic rings. The number of hydrogen-bond donors (Lipinski definition) is 0. The van der Waals surface area contributed by atoms with E-state index in [2.05, 4.69) is 19.9 Å². The Kier molecular flexibility index (Phi) is 6.58. The first kappa shape index (κ1) is 18.2. The molecule has 0 aliphatic carbocycles. The molecule has 6 heteroatoms. The summed E-state index contributed by atoms with van der Waals surface area (Å²) in [7, 11) is 1.36. The van der Waals surface area contributed by atoms with Crippen LogP contribution in [0.15, 0.2) is 24.5 Å². The number of aromatic nitrogens is 1. The molecule has 0 radical (unpaired) electrons. The molecule has 2 rings (SSSR count). The van der Waals surface area contributed by atoms with Crippen molar-refractivity contribution >= 4 is 12.1 Å². The van der Waals surface area contributed by atoms with Crippen LogP contribution in [0.3, 0.4) is 0 Å². The third-order valence-electron chi connectivity index (χ3n) is 4.14. The van der Waals surface area contributed by atoms with Crippen LogP contribution < -0.4 is 4.57 Å². The molecular formula is C18H27N2O4+. The Bertz CT molecular complexity index is 574. The monoisotopic (exact) mass is 335 g/mol. The molecular weight excluding hydrogens is 308 g/mol. The van der Waals surface area contributed by atoms with Crippen LogP contribution in [-0.2, 0) is 27.4 Å². The van der Waals surface area contributed by atoms with Crippen LogP contribution in [0, 0.1) is 5.92 Å². The van der Waals surface area contributed by atoms with E-state index in [1.165, 1.54) is 12.7 Å². The number of ether oxygens (including phenoxy) is 2. The lowest BCUT2D eigenvalue weighted by Gasteiger charge is -2.22. The van der Waals surface area contributed by atoms with Crippen LogP contribution in [0.2, 0.25) is 0 Å². The minimum Gasteiger partial charge on any atom is -0.469 e. The maximum absolute atomic E-state index is 12.3. The Morgan fingerprint density at radius 2 is 2.21 bits per heavy atom. The summed E-state index contributed by atoms with van der Waals surface area (Å²) >= 11 is 0. The SMILES string of the molecule is COC(=O)C[C@@H]1CCCN1C(=O)OC[n+]1cccc(CC(C)C)c1. The van der Waals surface area contributed by atoms with Gasteiger partial charge in [-0.15, -0.1) is 0 Å². The van der Waals surface area contributed by atoms with Gasteiger partial charge in [0.2, 0.25) is 0 Å². The highest BCUT2D eigenvalue weighted by atomic mass is 16.6. The molecule has 1 aliphatic heterocycles. The van der Waals surface area contributed by atoms with Crippen LogP contribution in [0.4, 0.5) is 4.79 Å². The summed E-state index contributed by atoms with van der Waals surface area (Å²) in [4.78, 5) is 25.4. The minimum atomic E-state index is -0.372. The average Bonchev–Trinajstić information content (AvgIpc) is 3.00. The normalized spacial score (nSPS) is 17.2. The third-order valence-corrected chi connectivity index (χ3v) is 4.14. The van der Waals surface area contributed by atoms with Crippen molar-refractivity contribution in [1.29, 1.82) is 0 Å². The van der Waals surface area contributed by atoms with Crippen molar-refractivity contribution in [3.8, 4) is 0 Å². The van der Waals surface area contributed by atoms with Gasteiger partial charge in [-0.3, -0.25) is 4.79 Å². The molecule has 6 nitrogen and oxygen atoms in total. The molecule has 0 spiro atoms. The molecule has 24 heavy (non-hydrogen) atoms. The molecule has 1 aromatic rings. The number of carbonyl (C=O) groups is 2. The first-order valence-corrected chi connectivity index (χ1v) is 8.47. The van der Waals surface area contributed by atoms with Gasteiger partial charge in [-0.2, -0.15) is 4.57 Å². The summed E-state index contributed by atoms with van der Waals surface area (Å²) in [6.07, 6.45) is 6.42. The van der Waals surface area contributed by atoms with Gasteiger partial charge in [0.1, 0.15) is 0 Å². The quantitative estimate of drug-likeness (QED) is 0.591. The molecule has 1 amide bonds.